The molecule has 0 aromatic heterocycles. The Labute approximate surface area is 240 Å². The van der Waals surface area contributed by atoms with E-state index in [9.17, 15) is 18.0 Å². The molecule has 0 heterocycles. The third-order valence-electron chi connectivity index (χ3n) is 6.30. The second-order valence-electron chi connectivity index (χ2n) is 10.1. The summed E-state index contributed by atoms with van der Waals surface area (Å²) in [6.45, 7) is 9.58. The zero-order valence-corrected chi connectivity index (χ0v) is 25.4. The smallest absolute Gasteiger partial charge is 0.264 e. The number of hydrogen-bond donors (Lipinski definition) is 1. The summed E-state index contributed by atoms with van der Waals surface area (Å²) in [6, 6.07) is 20.2. The fourth-order valence-electron chi connectivity index (χ4n) is 3.94. The second kappa shape index (κ2) is 13.3. The Morgan fingerprint density at radius 2 is 1.49 bits per heavy atom. The molecule has 3 aromatic carbocycles. The lowest BCUT2D eigenvalue weighted by Gasteiger charge is -2.32. The molecule has 9 heteroatoms. The van der Waals surface area contributed by atoms with Crippen molar-refractivity contribution in [2.75, 3.05) is 17.4 Å². The molecular weight excluding hydrogens is 578 g/mol. The first-order valence-corrected chi connectivity index (χ1v) is 15.1. The van der Waals surface area contributed by atoms with Gasteiger partial charge in [-0.05, 0) is 68.7 Å². The van der Waals surface area contributed by atoms with Crippen LogP contribution in [0.3, 0.4) is 0 Å². The molecule has 0 bridgehead atoms. The van der Waals surface area contributed by atoms with Crippen molar-refractivity contribution < 1.29 is 18.0 Å². The summed E-state index contributed by atoms with van der Waals surface area (Å²) in [7, 11) is -4.08. The van der Waals surface area contributed by atoms with E-state index in [2.05, 4.69) is 21.2 Å². The first-order chi connectivity index (χ1) is 18.4. The lowest BCUT2D eigenvalue weighted by atomic mass is 10.1. The second-order valence-corrected chi connectivity index (χ2v) is 12.9. The van der Waals surface area contributed by atoms with Gasteiger partial charge in [-0.2, -0.15) is 0 Å². The molecule has 0 aliphatic rings. The SMILES string of the molecule is Cc1ccc(N(CC(=O)N(Cc2cccc(Br)c2)[C@@H](C)C(=O)NCC(C)C)S(=O)(=O)c2ccc(C)cc2)cc1. The van der Waals surface area contributed by atoms with Gasteiger partial charge in [0, 0.05) is 17.6 Å². The van der Waals surface area contributed by atoms with Crippen LogP contribution in [0.15, 0.2) is 82.2 Å². The normalized spacial score (nSPS) is 12.2. The van der Waals surface area contributed by atoms with E-state index in [1.54, 1.807) is 43.3 Å². The van der Waals surface area contributed by atoms with Gasteiger partial charge in [0.1, 0.15) is 12.6 Å². The van der Waals surface area contributed by atoms with Crippen molar-refractivity contribution in [3.05, 3.63) is 94.0 Å². The van der Waals surface area contributed by atoms with Gasteiger partial charge in [0.2, 0.25) is 11.8 Å². The highest BCUT2D eigenvalue weighted by Gasteiger charge is 2.32. The highest BCUT2D eigenvalue weighted by molar-refractivity contribution is 9.10. The van der Waals surface area contributed by atoms with Crippen LogP contribution in [0.5, 0.6) is 0 Å². The molecular formula is C30H36BrN3O4S. The lowest BCUT2D eigenvalue weighted by molar-refractivity contribution is -0.139. The first-order valence-electron chi connectivity index (χ1n) is 12.9. The van der Waals surface area contributed by atoms with Crippen LogP contribution in [0.1, 0.15) is 37.5 Å². The predicted molar refractivity (Wildman–Crippen MR) is 159 cm³/mol. The Hall–Kier alpha value is -3.17. The number of nitrogens with one attached hydrogen (secondary N) is 1. The van der Waals surface area contributed by atoms with Gasteiger partial charge >= 0.3 is 0 Å². The summed E-state index contributed by atoms with van der Waals surface area (Å²) in [4.78, 5) is 28.5. The zero-order valence-electron chi connectivity index (χ0n) is 23.0. The number of rotatable bonds is 11. The summed E-state index contributed by atoms with van der Waals surface area (Å²) in [5.74, 6) is -0.541. The van der Waals surface area contributed by atoms with Crippen LogP contribution in [-0.2, 0) is 26.2 Å². The van der Waals surface area contributed by atoms with Crippen LogP contribution in [-0.4, -0.2) is 44.3 Å². The number of amides is 2. The van der Waals surface area contributed by atoms with Gasteiger partial charge in [-0.1, -0.05) is 77.3 Å². The molecule has 2 amide bonds. The largest absolute Gasteiger partial charge is 0.354 e. The predicted octanol–water partition coefficient (Wildman–Crippen LogP) is 5.45. The summed E-state index contributed by atoms with van der Waals surface area (Å²) in [5, 5.41) is 2.89. The average Bonchev–Trinajstić information content (AvgIpc) is 2.89. The highest BCUT2D eigenvalue weighted by Crippen LogP contribution is 2.25. The van der Waals surface area contributed by atoms with Gasteiger partial charge in [-0.15, -0.1) is 0 Å². The van der Waals surface area contributed by atoms with Crippen LogP contribution >= 0.6 is 15.9 Å². The monoisotopic (exact) mass is 613 g/mol. The molecule has 39 heavy (non-hydrogen) atoms. The third kappa shape index (κ3) is 8.16. The standard InChI is InChI=1S/C30H36BrN3O4S/c1-21(2)18-32-30(36)24(5)33(19-25-7-6-8-26(31)17-25)29(35)20-34(27-13-9-22(3)10-14-27)39(37,38)28-15-11-23(4)12-16-28/h6-17,21,24H,18-20H2,1-5H3,(H,32,36)/t24-/m0/s1. The molecule has 0 aliphatic heterocycles. The zero-order chi connectivity index (χ0) is 28.7. The van der Waals surface area contributed by atoms with Crippen molar-refractivity contribution >= 4 is 43.5 Å². The van der Waals surface area contributed by atoms with Gasteiger partial charge in [0.15, 0.2) is 0 Å². The molecule has 1 atom stereocenters. The fourth-order valence-corrected chi connectivity index (χ4v) is 5.81. The van der Waals surface area contributed by atoms with Crippen molar-refractivity contribution in [1.82, 2.24) is 10.2 Å². The number of carbonyl (C=O) groups excluding carboxylic acids is 2. The van der Waals surface area contributed by atoms with Crippen LogP contribution in [0.4, 0.5) is 5.69 Å². The van der Waals surface area contributed by atoms with Crippen molar-refractivity contribution in [2.24, 2.45) is 5.92 Å². The Balaban J connectivity index is 2.01. The van der Waals surface area contributed by atoms with Gasteiger partial charge in [-0.3, -0.25) is 13.9 Å². The molecule has 7 nitrogen and oxygen atoms in total. The molecule has 1 N–H and O–H groups in total. The number of benzene rings is 3. The van der Waals surface area contributed by atoms with Crippen LogP contribution in [0.25, 0.3) is 0 Å². The maximum atomic E-state index is 13.9. The van der Waals surface area contributed by atoms with E-state index in [-0.39, 0.29) is 23.3 Å². The molecule has 3 rings (SSSR count). The molecule has 0 fully saturated rings. The Morgan fingerprint density at radius 1 is 0.897 bits per heavy atom. The fraction of sp³-hybridized carbons (Fsp3) is 0.333. The molecule has 0 spiro atoms. The van der Waals surface area contributed by atoms with E-state index in [1.807, 2.05) is 52.0 Å². The molecule has 0 radical (unpaired) electrons. The maximum Gasteiger partial charge on any atom is 0.264 e. The summed E-state index contributed by atoms with van der Waals surface area (Å²) in [6.07, 6.45) is 0. The summed E-state index contributed by atoms with van der Waals surface area (Å²) >= 11 is 3.46. The van der Waals surface area contributed by atoms with E-state index in [4.69, 9.17) is 0 Å². The molecule has 3 aromatic rings. The van der Waals surface area contributed by atoms with Crippen molar-refractivity contribution in [2.45, 2.75) is 52.1 Å². The third-order valence-corrected chi connectivity index (χ3v) is 8.58. The first kappa shape index (κ1) is 30.4. The average molecular weight is 615 g/mol. The number of aryl methyl sites for hydroxylation is 2. The number of hydrogen-bond acceptors (Lipinski definition) is 4. The minimum atomic E-state index is -4.08. The van der Waals surface area contributed by atoms with E-state index >= 15 is 0 Å². The molecule has 0 saturated heterocycles. The summed E-state index contributed by atoms with van der Waals surface area (Å²) < 4.78 is 29.6. The molecule has 0 unspecified atom stereocenters. The molecule has 208 valence electrons. The van der Waals surface area contributed by atoms with Crippen molar-refractivity contribution in [3.63, 3.8) is 0 Å². The Bertz CT molecular complexity index is 1390. The number of halogens is 1. The highest BCUT2D eigenvalue weighted by atomic mass is 79.9. The summed E-state index contributed by atoms with van der Waals surface area (Å²) in [5.41, 5.74) is 3.07. The van der Waals surface area contributed by atoms with Gasteiger partial charge < -0.3 is 10.2 Å². The van der Waals surface area contributed by atoms with Crippen molar-refractivity contribution in [1.29, 1.82) is 0 Å². The molecule has 0 aliphatic carbocycles. The topological polar surface area (TPSA) is 86.8 Å². The van der Waals surface area contributed by atoms with Crippen LogP contribution in [0, 0.1) is 19.8 Å². The van der Waals surface area contributed by atoms with Gasteiger partial charge in [-0.25, -0.2) is 8.42 Å². The lowest BCUT2D eigenvalue weighted by Crippen LogP contribution is -2.51. The minimum Gasteiger partial charge on any atom is -0.354 e. The van der Waals surface area contributed by atoms with E-state index < -0.39 is 28.5 Å². The van der Waals surface area contributed by atoms with E-state index in [1.165, 1.54) is 17.0 Å². The Kier molecular flexibility index (Phi) is 10.3. The Morgan fingerprint density at radius 3 is 2.05 bits per heavy atom. The van der Waals surface area contributed by atoms with Gasteiger partial charge in [0.25, 0.3) is 10.0 Å². The van der Waals surface area contributed by atoms with Gasteiger partial charge in [0.05, 0.1) is 10.6 Å². The number of anilines is 1. The minimum absolute atomic E-state index is 0.0859. The number of nitrogens with zero attached hydrogens (tertiary/aromatic N) is 2. The van der Waals surface area contributed by atoms with Crippen LogP contribution < -0.4 is 9.62 Å². The quantitative estimate of drug-likeness (QED) is 0.311. The molecule has 0 saturated carbocycles. The number of sulfonamides is 1. The number of carbonyl (C=O) groups is 2. The van der Waals surface area contributed by atoms with E-state index in [0.717, 1.165) is 25.5 Å². The van der Waals surface area contributed by atoms with Crippen LogP contribution in [0.2, 0.25) is 0 Å². The van der Waals surface area contributed by atoms with Crippen molar-refractivity contribution in [3.8, 4) is 0 Å². The van der Waals surface area contributed by atoms with E-state index in [0.29, 0.717) is 12.2 Å². The maximum absolute atomic E-state index is 13.9.